The van der Waals surface area contributed by atoms with E-state index in [0.29, 0.717) is 18.0 Å². The number of nitrogens with two attached hydrogens (primary N) is 1. The highest BCUT2D eigenvalue weighted by Crippen LogP contribution is 2.37. The van der Waals surface area contributed by atoms with E-state index in [1.807, 2.05) is 12.1 Å². The maximum atomic E-state index is 12.9. The Morgan fingerprint density at radius 2 is 2.06 bits per heavy atom. The molecule has 2 rings (SSSR count). The molecular weight excluding hydrogens is 227 g/mol. The van der Waals surface area contributed by atoms with Gasteiger partial charge in [-0.05, 0) is 42.4 Å². The van der Waals surface area contributed by atoms with Crippen LogP contribution < -0.4 is 11.1 Å². The third-order valence-electron chi connectivity index (χ3n) is 3.91. The van der Waals surface area contributed by atoms with Gasteiger partial charge in [0.25, 0.3) is 0 Å². The van der Waals surface area contributed by atoms with Gasteiger partial charge >= 0.3 is 0 Å². The summed E-state index contributed by atoms with van der Waals surface area (Å²) in [6, 6.07) is 7.29. The Hall–Kier alpha value is -0.930. The molecule has 100 valence electrons. The van der Waals surface area contributed by atoms with Crippen LogP contribution in [0.5, 0.6) is 0 Å². The van der Waals surface area contributed by atoms with Crippen LogP contribution in [0.4, 0.5) is 4.39 Å². The highest BCUT2D eigenvalue weighted by atomic mass is 19.1. The summed E-state index contributed by atoms with van der Waals surface area (Å²) in [5.41, 5.74) is 7.34. The highest BCUT2D eigenvalue weighted by molar-refractivity contribution is 5.20. The third kappa shape index (κ3) is 3.30. The van der Waals surface area contributed by atoms with Crippen molar-refractivity contribution in [1.29, 1.82) is 0 Å². The first-order chi connectivity index (χ1) is 8.50. The molecule has 2 atom stereocenters. The Morgan fingerprint density at radius 1 is 1.39 bits per heavy atom. The molecular formula is C15H23FN2. The Balaban J connectivity index is 2.00. The Labute approximate surface area is 109 Å². The molecule has 1 aliphatic carbocycles. The molecule has 0 heterocycles. The molecule has 2 unspecified atom stereocenters. The predicted molar refractivity (Wildman–Crippen MR) is 72.8 cm³/mol. The summed E-state index contributed by atoms with van der Waals surface area (Å²) in [7, 11) is 0. The molecule has 3 N–H and O–H groups in total. The molecule has 2 nitrogen and oxygen atoms in total. The van der Waals surface area contributed by atoms with Gasteiger partial charge in [0.2, 0.25) is 0 Å². The summed E-state index contributed by atoms with van der Waals surface area (Å²) in [6.45, 7) is 5.16. The van der Waals surface area contributed by atoms with Crippen molar-refractivity contribution < 1.29 is 4.39 Å². The summed E-state index contributed by atoms with van der Waals surface area (Å²) in [4.78, 5) is 0. The molecule has 1 aromatic rings. The maximum Gasteiger partial charge on any atom is 0.123 e. The molecule has 0 amide bonds. The van der Waals surface area contributed by atoms with Gasteiger partial charge in [0.1, 0.15) is 5.82 Å². The fourth-order valence-corrected chi connectivity index (χ4v) is 2.86. The van der Waals surface area contributed by atoms with Gasteiger partial charge in [0.05, 0.1) is 0 Å². The summed E-state index contributed by atoms with van der Waals surface area (Å²) >= 11 is 0. The maximum absolute atomic E-state index is 12.9. The minimum Gasteiger partial charge on any atom is -0.329 e. The smallest absolute Gasteiger partial charge is 0.123 e. The van der Waals surface area contributed by atoms with Crippen LogP contribution in [0, 0.1) is 11.2 Å². The van der Waals surface area contributed by atoms with Crippen LogP contribution in [-0.2, 0) is 0 Å². The predicted octanol–water partition coefficient (Wildman–Crippen LogP) is 2.99. The van der Waals surface area contributed by atoms with E-state index in [2.05, 4.69) is 19.2 Å². The highest BCUT2D eigenvalue weighted by Gasteiger charge is 2.31. The number of hydrogen-bond donors (Lipinski definition) is 2. The first kappa shape index (κ1) is 13.5. The average molecular weight is 250 g/mol. The van der Waals surface area contributed by atoms with Gasteiger partial charge in [-0.2, -0.15) is 0 Å². The molecule has 3 heteroatoms. The first-order valence-electron chi connectivity index (χ1n) is 6.72. The van der Waals surface area contributed by atoms with Gasteiger partial charge in [-0.3, -0.25) is 0 Å². The van der Waals surface area contributed by atoms with Gasteiger partial charge in [0.15, 0.2) is 0 Å². The van der Waals surface area contributed by atoms with E-state index in [4.69, 9.17) is 5.73 Å². The molecule has 0 aliphatic heterocycles. The lowest BCUT2D eigenvalue weighted by Gasteiger charge is -2.23. The van der Waals surface area contributed by atoms with E-state index in [-0.39, 0.29) is 11.9 Å². The van der Waals surface area contributed by atoms with Crippen LogP contribution in [0.1, 0.15) is 44.7 Å². The van der Waals surface area contributed by atoms with Crippen LogP contribution >= 0.6 is 0 Å². The van der Waals surface area contributed by atoms with E-state index in [0.717, 1.165) is 5.56 Å². The number of hydrogen-bond acceptors (Lipinski definition) is 2. The van der Waals surface area contributed by atoms with Crippen molar-refractivity contribution in [2.45, 2.75) is 45.2 Å². The fraction of sp³-hybridized carbons (Fsp3) is 0.600. The van der Waals surface area contributed by atoms with E-state index in [9.17, 15) is 4.39 Å². The molecule has 0 saturated heterocycles. The van der Waals surface area contributed by atoms with E-state index in [1.54, 1.807) is 0 Å². The molecule has 1 aliphatic rings. The molecule has 0 spiro atoms. The summed E-state index contributed by atoms with van der Waals surface area (Å²) < 4.78 is 12.9. The lowest BCUT2D eigenvalue weighted by atomic mass is 9.91. The van der Waals surface area contributed by atoms with Crippen LogP contribution in [-0.4, -0.2) is 12.6 Å². The van der Waals surface area contributed by atoms with E-state index >= 15 is 0 Å². The van der Waals surface area contributed by atoms with Crippen molar-refractivity contribution in [3.05, 3.63) is 35.6 Å². The molecule has 0 radical (unpaired) electrons. The van der Waals surface area contributed by atoms with Gasteiger partial charge in [-0.1, -0.05) is 26.0 Å². The molecule has 0 aromatic heterocycles. The second-order valence-corrected chi connectivity index (χ2v) is 6.11. The Morgan fingerprint density at radius 3 is 2.56 bits per heavy atom. The van der Waals surface area contributed by atoms with Gasteiger partial charge in [0, 0.05) is 18.6 Å². The zero-order chi connectivity index (χ0) is 13.2. The standard InChI is InChI=1S/C15H23FN2/c1-15(2)8-7-13(9-15)18-14(10-17)11-3-5-12(16)6-4-11/h3-6,13-14,18H,7-10,17H2,1-2H3. The van der Waals surface area contributed by atoms with Crippen LogP contribution in [0.25, 0.3) is 0 Å². The van der Waals surface area contributed by atoms with Crippen LogP contribution in [0.15, 0.2) is 24.3 Å². The molecule has 1 aromatic carbocycles. The number of nitrogens with one attached hydrogen (secondary N) is 1. The van der Waals surface area contributed by atoms with Gasteiger partial charge < -0.3 is 11.1 Å². The monoisotopic (exact) mass is 250 g/mol. The SMILES string of the molecule is CC1(C)CCC(NC(CN)c2ccc(F)cc2)C1. The zero-order valence-electron chi connectivity index (χ0n) is 11.2. The first-order valence-corrected chi connectivity index (χ1v) is 6.72. The summed E-state index contributed by atoms with van der Waals surface area (Å²) in [5, 5.41) is 3.61. The molecule has 1 saturated carbocycles. The number of benzene rings is 1. The number of rotatable bonds is 4. The second kappa shape index (κ2) is 5.37. The van der Waals surface area contributed by atoms with Gasteiger partial charge in [-0.15, -0.1) is 0 Å². The average Bonchev–Trinajstić information content (AvgIpc) is 2.67. The van der Waals surface area contributed by atoms with Crippen molar-refractivity contribution in [2.75, 3.05) is 6.54 Å². The third-order valence-corrected chi connectivity index (χ3v) is 3.91. The Kier molecular flexibility index (Phi) is 4.03. The Bertz CT molecular complexity index is 386. The summed E-state index contributed by atoms with van der Waals surface area (Å²) in [5.74, 6) is -0.198. The minimum atomic E-state index is -0.198. The van der Waals surface area contributed by atoms with Crippen molar-refractivity contribution in [2.24, 2.45) is 11.1 Å². The largest absolute Gasteiger partial charge is 0.329 e. The quantitative estimate of drug-likeness (QED) is 0.862. The molecule has 0 bridgehead atoms. The van der Waals surface area contributed by atoms with E-state index in [1.165, 1.54) is 31.4 Å². The van der Waals surface area contributed by atoms with Crippen molar-refractivity contribution in [3.63, 3.8) is 0 Å². The lowest BCUT2D eigenvalue weighted by Crippen LogP contribution is -2.35. The fourth-order valence-electron chi connectivity index (χ4n) is 2.86. The molecule has 1 fully saturated rings. The number of halogens is 1. The van der Waals surface area contributed by atoms with Crippen molar-refractivity contribution in [1.82, 2.24) is 5.32 Å². The van der Waals surface area contributed by atoms with Crippen LogP contribution in [0.3, 0.4) is 0 Å². The topological polar surface area (TPSA) is 38.0 Å². The lowest BCUT2D eigenvalue weighted by molar-refractivity contribution is 0.353. The normalized spacial score (nSPS) is 24.1. The summed E-state index contributed by atoms with van der Waals surface area (Å²) in [6.07, 6.45) is 3.64. The van der Waals surface area contributed by atoms with Gasteiger partial charge in [-0.25, -0.2) is 4.39 Å². The minimum absolute atomic E-state index is 0.129. The van der Waals surface area contributed by atoms with Crippen molar-refractivity contribution >= 4 is 0 Å². The molecule has 18 heavy (non-hydrogen) atoms. The van der Waals surface area contributed by atoms with Crippen molar-refractivity contribution in [3.8, 4) is 0 Å². The zero-order valence-corrected chi connectivity index (χ0v) is 11.2. The second-order valence-electron chi connectivity index (χ2n) is 6.11. The van der Waals surface area contributed by atoms with E-state index < -0.39 is 0 Å². The van der Waals surface area contributed by atoms with Crippen LogP contribution in [0.2, 0.25) is 0 Å².